The van der Waals surface area contributed by atoms with Gasteiger partial charge in [0.15, 0.2) is 6.29 Å². The molecule has 1 heterocycles. The molecule has 0 radical (unpaired) electrons. The molecule has 3 rings (SSSR count). The molecule has 0 aliphatic carbocycles. The minimum Gasteiger partial charge on any atom is -0.394 e. The summed E-state index contributed by atoms with van der Waals surface area (Å²) in [6.45, 7) is -1.55. The van der Waals surface area contributed by atoms with E-state index >= 15 is 0 Å². The topological polar surface area (TPSA) is 209 Å². The molecule has 2 aromatic carbocycles. The largest absolute Gasteiger partial charge is 0.394 e. The van der Waals surface area contributed by atoms with Crippen molar-refractivity contribution < 1.29 is 45.2 Å². The number of rotatable bonds is 12. The van der Waals surface area contributed by atoms with Crippen LogP contribution in [0.1, 0.15) is 0 Å². The average Bonchev–Trinajstić information content (AvgIpc) is 2.93. The van der Waals surface area contributed by atoms with Crippen LogP contribution in [0.3, 0.4) is 0 Å². The first kappa shape index (κ1) is 28.6. The number of hydrazone groups is 2. The first-order chi connectivity index (χ1) is 17.8. The number of aliphatic hydroxyl groups is 7. The summed E-state index contributed by atoms with van der Waals surface area (Å²) in [6, 6.07) is 17.7. The summed E-state index contributed by atoms with van der Waals surface area (Å²) in [6.07, 6.45) is -12.1. The van der Waals surface area contributed by atoms with Crippen LogP contribution in [-0.4, -0.2) is 110 Å². The Hall–Kier alpha value is -2.98. The van der Waals surface area contributed by atoms with Gasteiger partial charge in [0.05, 0.1) is 30.8 Å². The van der Waals surface area contributed by atoms with E-state index in [4.69, 9.17) is 9.47 Å². The standard InChI is InChI=1S/C24H32N4O9/c29-12-17(31)23(37-24-22(35)21(34)20(33)18(13-30)36-24)19(32)16(28-27-15-9-5-2-6-10-15)11-25-26-14-7-3-1-4-8-14/h1-11,17-24,26-27,29-35H,12-13H2/b25-11-,28-16+/t17-,18+,19+,20-,21-,22-,23-,24-/m1/s1. The van der Waals surface area contributed by atoms with E-state index in [1.54, 1.807) is 54.6 Å². The zero-order valence-corrected chi connectivity index (χ0v) is 19.7. The summed E-state index contributed by atoms with van der Waals surface area (Å²) in [5.74, 6) is 0. The summed E-state index contributed by atoms with van der Waals surface area (Å²) in [4.78, 5) is 0. The molecule has 0 unspecified atom stereocenters. The van der Waals surface area contributed by atoms with Crippen molar-refractivity contribution >= 4 is 23.3 Å². The summed E-state index contributed by atoms with van der Waals surface area (Å²) in [7, 11) is 0. The van der Waals surface area contributed by atoms with Gasteiger partial charge < -0.3 is 45.2 Å². The second-order valence-electron chi connectivity index (χ2n) is 8.24. The van der Waals surface area contributed by atoms with Crippen molar-refractivity contribution in [1.29, 1.82) is 0 Å². The van der Waals surface area contributed by atoms with Crippen LogP contribution in [-0.2, 0) is 9.47 Å². The highest BCUT2D eigenvalue weighted by Gasteiger charge is 2.46. The van der Waals surface area contributed by atoms with Gasteiger partial charge in [-0.3, -0.25) is 10.9 Å². The molecule has 1 aliphatic rings. The fraction of sp³-hybridized carbons (Fsp3) is 0.417. The molecule has 0 amide bonds. The van der Waals surface area contributed by atoms with Gasteiger partial charge in [-0.05, 0) is 24.3 Å². The molecular weight excluding hydrogens is 488 g/mol. The van der Waals surface area contributed by atoms with Gasteiger partial charge in [-0.2, -0.15) is 10.2 Å². The highest BCUT2D eigenvalue weighted by Crippen LogP contribution is 2.24. The van der Waals surface area contributed by atoms with Crippen LogP contribution in [0.5, 0.6) is 0 Å². The highest BCUT2D eigenvalue weighted by atomic mass is 16.7. The molecule has 1 aliphatic heterocycles. The number of nitrogens with one attached hydrogen (secondary N) is 2. The number of hydrogen-bond donors (Lipinski definition) is 9. The number of hydrogen-bond acceptors (Lipinski definition) is 13. The fourth-order valence-corrected chi connectivity index (χ4v) is 3.48. The van der Waals surface area contributed by atoms with Crippen LogP contribution in [0.2, 0.25) is 0 Å². The molecule has 8 atom stereocenters. The molecule has 0 bridgehead atoms. The molecule has 1 fully saturated rings. The van der Waals surface area contributed by atoms with E-state index in [1.165, 1.54) is 6.21 Å². The van der Waals surface area contributed by atoms with Crippen LogP contribution in [0.15, 0.2) is 70.9 Å². The number of aliphatic hydroxyl groups excluding tert-OH is 7. The van der Waals surface area contributed by atoms with Crippen molar-refractivity contribution in [3.8, 4) is 0 Å². The molecule has 13 nitrogen and oxygen atoms in total. The van der Waals surface area contributed by atoms with E-state index in [9.17, 15) is 35.7 Å². The Balaban J connectivity index is 1.85. The fourth-order valence-electron chi connectivity index (χ4n) is 3.48. The maximum Gasteiger partial charge on any atom is 0.187 e. The number of benzene rings is 2. The van der Waals surface area contributed by atoms with Crippen molar-refractivity contribution in [2.45, 2.75) is 49.0 Å². The molecule has 0 spiro atoms. The zero-order chi connectivity index (χ0) is 26.8. The second-order valence-corrected chi connectivity index (χ2v) is 8.24. The van der Waals surface area contributed by atoms with Crippen LogP contribution in [0.25, 0.3) is 0 Å². The zero-order valence-electron chi connectivity index (χ0n) is 19.7. The lowest BCUT2D eigenvalue weighted by Gasteiger charge is -2.41. The summed E-state index contributed by atoms with van der Waals surface area (Å²) in [5, 5.41) is 79.1. The van der Waals surface area contributed by atoms with E-state index in [-0.39, 0.29) is 5.71 Å². The van der Waals surface area contributed by atoms with Crippen molar-refractivity contribution in [1.82, 2.24) is 0 Å². The molecule has 2 aromatic rings. The lowest BCUT2D eigenvalue weighted by Crippen LogP contribution is -2.61. The lowest BCUT2D eigenvalue weighted by molar-refractivity contribution is -0.322. The van der Waals surface area contributed by atoms with E-state index in [0.717, 1.165) is 0 Å². The number of nitrogens with zero attached hydrogens (tertiary/aromatic N) is 2. The molecule has 0 saturated carbocycles. The molecule has 0 aromatic heterocycles. The van der Waals surface area contributed by atoms with Gasteiger partial charge in [0.2, 0.25) is 0 Å². The molecule has 1 saturated heterocycles. The van der Waals surface area contributed by atoms with Crippen molar-refractivity contribution in [2.75, 3.05) is 24.1 Å². The maximum atomic E-state index is 11.1. The third kappa shape index (κ3) is 7.75. The van der Waals surface area contributed by atoms with Crippen molar-refractivity contribution in [2.24, 2.45) is 10.2 Å². The normalized spacial score (nSPS) is 27.0. The Morgan fingerprint density at radius 1 is 0.892 bits per heavy atom. The first-order valence-corrected chi connectivity index (χ1v) is 11.5. The smallest absolute Gasteiger partial charge is 0.187 e. The molecular formula is C24H32N4O9. The van der Waals surface area contributed by atoms with Crippen LogP contribution < -0.4 is 10.9 Å². The molecule has 13 heteroatoms. The van der Waals surface area contributed by atoms with Gasteiger partial charge in [-0.1, -0.05) is 36.4 Å². The third-order valence-corrected chi connectivity index (χ3v) is 5.57. The van der Waals surface area contributed by atoms with Gasteiger partial charge in [0.1, 0.15) is 48.4 Å². The van der Waals surface area contributed by atoms with Crippen molar-refractivity contribution in [3.05, 3.63) is 60.7 Å². The Kier molecular flexibility index (Phi) is 10.9. The van der Waals surface area contributed by atoms with E-state index in [0.29, 0.717) is 11.4 Å². The van der Waals surface area contributed by atoms with Gasteiger partial charge in [-0.25, -0.2) is 0 Å². The lowest BCUT2D eigenvalue weighted by atomic mass is 9.98. The van der Waals surface area contributed by atoms with Crippen LogP contribution in [0.4, 0.5) is 11.4 Å². The predicted octanol–water partition coefficient (Wildman–Crippen LogP) is -1.55. The number of para-hydroxylation sites is 2. The Morgan fingerprint density at radius 2 is 1.49 bits per heavy atom. The van der Waals surface area contributed by atoms with E-state index in [1.807, 2.05) is 6.07 Å². The average molecular weight is 521 g/mol. The van der Waals surface area contributed by atoms with E-state index < -0.39 is 62.2 Å². The van der Waals surface area contributed by atoms with Gasteiger partial charge in [0, 0.05) is 0 Å². The van der Waals surface area contributed by atoms with Gasteiger partial charge in [-0.15, -0.1) is 0 Å². The van der Waals surface area contributed by atoms with Crippen LogP contribution in [0, 0.1) is 0 Å². The minimum atomic E-state index is -1.80. The second kappa shape index (κ2) is 14.1. The summed E-state index contributed by atoms with van der Waals surface area (Å²) < 4.78 is 10.9. The van der Waals surface area contributed by atoms with Crippen LogP contribution >= 0.6 is 0 Å². The number of anilines is 2. The van der Waals surface area contributed by atoms with Gasteiger partial charge in [0.25, 0.3) is 0 Å². The number of ether oxygens (including phenoxy) is 2. The monoisotopic (exact) mass is 520 g/mol. The minimum absolute atomic E-state index is 0.144. The molecule has 202 valence electrons. The summed E-state index contributed by atoms with van der Waals surface area (Å²) in [5.41, 5.74) is 6.59. The first-order valence-electron chi connectivity index (χ1n) is 11.5. The van der Waals surface area contributed by atoms with E-state index in [2.05, 4.69) is 21.1 Å². The molecule has 37 heavy (non-hydrogen) atoms. The summed E-state index contributed by atoms with van der Waals surface area (Å²) >= 11 is 0. The predicted molar refractivity (Wildman–Crippen MR) is 134 cm³/mol. The third-order valence-electron chi connectivity index (χ3n) is 5.57. The molecule has 9 N–H and O–H groups in total. The Morgan fingerprint density at radius 3 is 2.05 bits per heavy atom. The van der Waals surface area contributed by atoms with Crippen molar-refractivity contribution in [3.63, 3.8) is 0 Å². The quantitative estimate of drug-likeness (QED) is 0.116. The highest BCUT2D eigenvalue weighted by molar-refractivity contribution is 6.33. The maximum absolute atomic E-state index is 11.1. The Bertz CT molecular complexity index is 996. The SMILES string of the molecule is OC[C@@H](O)[C@@H](O[C@H]1O[C@@H](CO)[C@@H](O)[C@@H](O)[C@H]1O)[C@@H](O)C(/C=N\Nc1ccccc1)=N/Nc1ccccc1. The Labute approximate surface area is 212 Å². The van der Waals surface area contributed by atoms with Gasteiger partial charge >= 0.3 is 0 Å².